The van der Waals surface area contributed by atoms with Gasteiger partial charge in [0.2, 0.25) is 0 Å². The number of carbonyl (C=O) groups excluding carboxylic acids is 1. The first-order valence-electron chi connectivity index (χ1n) is 7.53. The molecule has 0 aliphatic heterocycles. The number of hydrogen-bond donors (Lipinski definition) is 1. The molecule has 0 aliphatic carbocycles. The molecule has 116 valence electrons. The number of fused-ring (bicyclic) bond motifs is 1. The van der Waals surface area contributed by atoms with Gasteiger partial charge in [-0.3, -0.25) is 9.78 Å². The summed E-state index contributed by atoms with van der Waals surface area (Å²) in [6.07, 6.45) is 1.80. The molecule has 1 N–H and O–H groups in total. The molecule has 2 aromatic carbocycles. The number of rotatable bonds is 4. The smallest absolute Gasteiger partial charge is 0.251 e. The number of nitrogens with zero attached hydrogens (tertiary/aromatic N) is 2. The van der Waals surface area contributed by atoms with Gasteiger partial charge in [0, 0.05) is 43.5 Å². The van der Waals surface area contributed by atoms with Crippen LogP contribution in [0.4, 0.5) is 5.69 Å². The van der Waals surface area contributed by atoms with Gasteiger partial charge in [-0.1, -0.05) is 24.3 Å². The van der Waals surface area contributed by atoms with Gasteiger partial charge in [0.25, 0.3) is 5.91 Å². The maximum absolute atomic E-state index is 12.3. The molecule has 1 aromatic heterocycles. The van der Waals surface area contributed by atoms with Crippen LogP contribution in [-0.2, 0) is 6.54 Å². The molecule has 3 rings (SSSR count). The summed E-state index contributed by atoms with van der Waals surface area (Å²) in [4.78, 5) is 18.7. The van der Waals surface area contributed by atoms with Crippen LogP contribution >= 0.6 is 0 Å². The summed E-state index contributed by atoms with van der Waals surface area (Å²) >= 11 is 0. The number of anilines is 1. The van der Waals surface area contributed by atoms with E-state index in [9.17, 15) is 4.79 Å². The number of para-hydroxylation sites is 1. The van der Waals surface area contributed by atoms with Crippen LogP contribution in [0.3, 0.4) is 0 Å². The molecule has 0 atom stereocenters. The second-order valence-electron chi connectivity index (χ2n) is 5.66. The Morgan fingerprint density at radius 3 is 2.74 bits per heavy atom. The quantitative estimate of drug-likeness (QED) is 0.805. The minimum absolute atomic E-state index is 0.0816. The van der Waals surface area contributed by atoms with Crippen LogP contribution < -0.4 is 10.2 Å². The molecule has 23 heavy (non-hydrogen) atoms. The minimum atomic E-state index is -0.0816. The maximum atomic E-state index is 12.3. The molecular formula is C19H19N3O. The Balaban J connectivity index is 1.71. The lowest BCUT2D eigenvalue weighted by Gasteiger charge is -2.13. The first kappa shape index (κ1) is 15.0. The number of carbonyl (C=O) groups is 1. The second-order valence-corrected chi connectivity index (χ2v) is 5.66. The molecule has 0 spiro atoms. The third-order valence-electron chi connectivity index (χ3n) is 3.72. The third kappa shape index (κ3) is 3.48. The molecule has 0 radical (unpaired) electrons. The fourth-order valence-corrected chi connectivity index (χ4v) is 2.42. The van der Waals surface area contributed by atoms with Crippen LogP contribution in [0.15, 0.2) is 60.8 Å². The van der Waals surface area contributed by atoms with E-state index in [4.69, 9.17) is 0 Å². The van der Waals surface area contributed by atoms with E-state index in [1.165, 1.54) is 0 Å². The van der Waals surface area contributed by atoms with Gasteiger partial charge in [-0.15, -0.1) is 0 Å². The standard InChI is InChI=1S/C19H19N3O/c1-22(2)17-8-5-7-16(11-17)19(23)21-13-14-10-15-6-3-4-9-18(15)20-12-14/h3-12H,13H2,1-2H3,(H,21,23). The van der Waals surface area contributed by atoms with Crippen molar-refractivity contribution in [3.05, 3.63) is 71.9 Å². The summed E-state index contributed by atoms with van der Waals surface area (Å²) in [6.45, 7) is 0.461. The van der Waals surface area contributed by atoms with Crippen molar-refractivity contribution in [3.63, 3.8) is 0 Å². The van der Waals surface area contributed by atoms with Crippen molar-refractivity contribution in [2.45, 2.75) is 6.54 Å². The van der Waals surface area contributed by atoms with Crippen LogP contribution in [-0.4, -0.2) is 25.0 Å². The van der Waals surface area contributed by atoms with Crippen molar-refractivity contribution in [1.29, 1.82) is 0 Å². The highest BCUT2D eigenvalue weighted by atomic mass is 16.1. The molecule has 0 fully saturated rings. The van der Waals surface area contributed by atoms with Crippen LogP contribution in [0.25, 0.3) is 10.9 Å². The van der Waals surface area contributed by atoms with Crippen LogP contribution in [0.1, 0.15) is 15.9 Å². The Labute approximate surface area is 135 Å². The molecule has 0 aliphatic rings. The highest BCUT2D eigenvalue weighted by Gasteiger charge is 2.07. The van der Waals surface area contributed by atoms with Crippen LogP contribution in [0.5, 0.6) is 0 Å². The Kier molecular flexibility index (Phi) is 4.24. The molecular weight excluding hydrogens is 286 g/mol. The van der Waals surface area contributed by atoms with Crippen molar-refractivity contribution >= 4 is 22.5 Å². The van der Waals surface area contributed by atoms with E-state index in [0.29, 0.717) is 12.1 Å². The third-order valence-corrected chi connectivity index (χ3v) is 3.72. The number of amides is 1. The molecule has 0 saturated heterocycles. The zero-order valence-electron chi connectivity index (χ0n) is 13.3. The lowest BCUT2D eigenvalue weighted by Crippen LogP contribution is -2.23. The van der Waals surface area contributed by atoms with Gasteiger partial charge in [0.05, 0.1) is 5.52 Å². The van der Waals surface area contributed by atoms with Crippen molar-refractivity contribution in [2.24, 2.45) is 0 Å². The first-order chi connectivity index (χ1) is 11.1. The molecule has 0 saturated carbocycles. The van der Waals surface area contributed by atoms with E-state index in [1.54, 1.807) is 6.20 Å². The average Bonchev–Trinajstić information content (AvgIpc) is 2.59. The highest BCUT2D eigenvalue weighted by Crippen LogP contribution is 2.14. The largest absolute Gasteiger partial charge is 0.378 e. The summed E-state index contributed by atoms with van der Waals surface area (Å²) < 4.78 is 0. The molecule has 0 bridgehead atoms. The SMILES string of the molecule is CN(C)c1cccc(C(=O)NCc2cnc3ccccc3c2)c1. The van der Waals surface area contributed by atoms with Gasteiger partial charge < -0.3 is 10.2 Å². The van der Waals surface area contributed by atoms with E-state index in [0.717, 1.165) is 22.2 Å². The molecule has 4 nitrogen and oxygen atoms in total. The molecule has 0 unspecified atom stereocenters. The van der Waals surface area contributed by atoms with Gasteiger partial charge in [0.15, 0.2) is 0 Å². The van der Waals surface area contributed by atoms with Gasteiger partial charge >= 0.3 is 0 Å². The van der Waals surface area contributed by atoms with Gasteiger partial charge in [-0.25, -0.2) is 0 Å². The van der Waals surface area contributed by atoms with E-state index >= 15 is 0 Å². The fourth-order valence-electron chi connectivity index (χ4n) is 2.42. The predicted octanol–water partition coefficient (Wildman–Crippen LogP) is 3.23. The normalized spacial score (nSPS) is 10.5. The molecule has 3 aromatic rings. The van der Waals surface area contributed by atoms with Crippen molar-refractivity contribution < 1.29 is 4.79 Å². The van der Waals surface area contributed by atoms with Crippen molar-refractivity contribution in [1.82, 2.24) is 10.3 Å². The van der Waals surface area contributed by atoms with E-state index in [-0.39, 0.29) is 5.91 Å². The summed E-state index contributed by atoms with van der Waals surface area (Å²) in [5.74, 6) is -0.0816. The number of aromatic nitrogens is 1. The monoisotopic (exact) mass is 305 g/mol. The van der Waals surface area contributed by atoms with E-state index in [1.807, 2.05) is 67.5 Å². The molecule has 1 heterocycles. The zero-order valence-corrected chi connectivity index (χ0v) is 13.3. The molecule has 4 heteroatoms. The lowest BCUT2D eigenvalue weighted by atomic mass is 10.1. The lowest BCUT2D eigenvalue weighted by molar-refractivity contribution is 0.0951. The van der Waals surface area contributed by atoms with Crippen molar-refractivity contribution in [2.75, 3.05) is 19.0 Å². The Hall–Kier alpha value is -2.88. The summed E-state index contributed by atoms with van der Waals surface area (Å²) in [5.41, 5.74) is 3.61. The number of benzene rings is 2. The van der Waals surface area contributed by atoms with Crippen LogP contribution in [0, 0.1) is 0 Å². The van der Waals surface area contributed by atoms with Crippen molar-refractivity contribution in [3.8, 4) is 0 Å². The summed E-state index contributed by atoms with van der Waals surface area (Å²) in [6, 6.07) is 17.6. The van der Waals surface area contributed by atoms with E-state index < -0.39 is 0 Å². The second kappa shape index (κ2) is 6.48. The van der Waals surface area contributed by atoms with Crippen LogP contribution in [0.2, 0.25) is 0 Å². The number of pyridine rings is 1. The fraction of sp³-hybridized carbons (Fsp3) is 0.158. The topological polar surface area (TPSA) is 45.2 Å². The number of nitrogens with one attached hydrogen (secondary N) is 1. The zero-order chi connectivity index (χ0) is 16.2. The van der Waals surface area contributed by atoms with Gasteiger partial charge in [0.1, 0.15) is 0 Å². The Morgan fingerprint density at radius 1 is 1.09 bits per heavy atom. The number of hydrogen-bond acceptors (Lipinski definition) is 3. The first-order valence-corrected chi connectivity index (χ1v) is 7.53. The van der Waals surface area contributed by atoms with Gasteiger partial charge in [-0.05, 0) is 35.9 Å². The minimum Gasteiger partial charge on any atom is -0.378 e. The summed E-state index contributed by atoms with van der Waals surface area (Å²) in [5, 5.41) is 4.03. The molecule has 1 amide bonds. The predicted molar refractivity (Wildman–Crippen MR) is 93.7 cm³/mol. The average molecular weight is 305 g/mol. The van der Waals surface area contributed by atoms with E-state index in [2.05, 4.69) is 16.4 Å². The summed E-state index contributed by atoms with van der Waals surface area (Å²) in [7, 11) is 3.91. The Morgan fingerprint density at radius 2 is 1.91 bits per heavy atom. The maximum Gasteiger partial charge on any atom is 0.251 e. The highest BCUT2D eigenvalue weighted by molar-refractivity contribution is 5.95. The van der Waals surface area contributed by atoms with Gasteiger partial charge in [-0.2, -0.15) is 0 Å². The Bertz CT molecular complexity index is 843.